The van der Waals surface area contributed by atoms with E-state index >= 15 is 0 Å². The van der Waals surface area contributed by atoms with E-state index in [1.54, 1.807) is 12.1 Å². The highest BCUT2D eigenvalue weighted by Crippen LogP contribution is 2.39. The van der Waals surface area contributed by atoms with Gasteiger partial charge in [0.2, 0.25) is 10.8 Å². The molecule has 2 heterocycles. The summed E-state index contributed by atoms with van der Waals surface area (Å²) in [4.78, 5) is 21.1. The SMILES string of the molecule is CC(=O)Nc1ccc(-c2nc3c(c(NC4(CO)CCC4)n2)[S@+]([O-])CC3)cc1. The van der Waals surface area contributed by atoms with Crippen molar-refractivity contribution in [1.29, 1.82) is 0 Å². The van der Waals surface area contributed by atoms with Crippen LogP contribution in [-0.2, 0) is 22.4 Å². The molecule has 1 aliphatic heterocycles. The Labute approximate surface area is 160 Å². The standard InChI is InChI=1S/C19H22N4O3S/c1-12(25)20-14-5-3-13(4-6-14)17-21-15-7-10-27(26)16(15)18(22-17)23-19(11-24)8-2-9-19/h3-6,24H,2,7-11H2,1H3,(H,20,25)(H,21,22,23)/t27-/m1/s1. The van der Waals surface area contributed by atoms with E-state index in [2.05, 4.69) is 20.6 Å². The number of carbonyl (C=O) groups is 1. The first kappa shape index (κ1) is 18.2. The zero-order valence-electron chi connectivity index (χ0n) is 15.1. The molecule has 27 heavy (non-hydrogen) atoms. The minimum Gasteiger partial charge on any atom is -0.611 e. The molecule has 2 aromatic rings. The highest BCUT2D eigenvalue weighted by atomic mass is 32.2. The maximum absolute atomic E-state index is 12.5. The second-order valence-electron chi connectivity index (χ2n) is 7.15. The molecule has 1 saturated carbocycles. The molecule has 0 bridgehead atoms. The minimum atomic E-state index is -1.12. The van der Waals surface area contributed by atoms with Crippen molar-refractivity contribution in [2.24, 2.45) is 0 Å². The number of aryl methyl sites for hydroxylation is 1. The monoisotopic (exact) mass is 386 g/mol. The number of anilines is 2. The number of aliphatic hydroxyl groups is 1. The quantitative estimate of drug-likeness (QED) is 0.679. The Kier molecular flexibility index (Phi) is 4.79. The summed E-state index contributed by atoms with van der Waals surface area (Å²) in [6, 6.07) is 7.32. The summed E-state index contributed by atoms with van der Waals surface area (Å²) in [5.41, 5.74) is 1.96. The summed E-state index contributed by atoms with van der Waals surface area (Å²) in [5.74, 6) is 1.55. The molecular weight excluding hydrogens is 364 g/mol. The lowest BCUT2D eigenvalue weighted by Gasteiger charge is -2.41. The van der Waals surface area contributed by atoms with E-state index in [4.69, 9.17) is 0 Å². The molecule has 2 aliphatic rings. The highest BCUT2D eigenvalue weighted by molar-refractivity contribution is 7.91. The third-order valence-electron chi connectivity index (χ3n) is 5.15. The molecule has 0 radical (unpaired) electrons. The number of amides is 1. The van der Waals surface area contributed by atoms with Crippen molar-refractivity contribution in [3.05, 3.63) is 30.0 Å². The van der Waals surface area contributed by atoms with Gasteiger partial charge in [-0.1, -0.05) is 0 Å². The van der Waals surface area contributed by atoms with Gasteiger partial charge >= 0.3 is 0 Å². The van der Waals surface area contributed by atoms with Gasteiger partial charge in [-0.25, -0.2) is 9.97 Å². The summed E-state index contributed by atoms with van der Waals surface area (Å²) in [6.07, 6.45) is 3.45. The van der Waals surface area contributed by atoms with Crippen LogP contribution in [0.3, 0.4) is 0 Å². The summed E-state index contributed by atoms with van der Waals surface area (Å²) >= 11 is -1.12. The van der Waals surface area contributed by atoms with E-state index in [9.17, 15) is 14.5 Å². The van der Waals surface area contributed by atoms with Crippen molar-refractivity contribution < 1.29 is 14.5 Å². The number of hydrogen-bond acceptors (Lipinski definition) is 6. The Balaban J connectivity index is 1.70. The van der Waals surface area contributed by atoms with Crippen molar-refractivity contribution in [3.63, 3.8) is 0 Å². The van der Waals surface area contributed by atoms with E-state index < -0.39 is 11.2 Å². The summed E-state index contributed by atoms with van der Waals surface area (Å²) in [7, 11) is 0. The third-order valence-corrected chi connectivity index (χ3v) is 6.61. The first-order valence-corrected chi connectivity index (χ1v) is 10.4. The fourth-order valence-electron chi connectivity index (χ4n) is 3.49. The number of carbonyl (C=O) groups excluding carboxylic acids is 1. The first-order valence-electron chi connectivity index (χ1n) is 9.06. The first-order chi connectivity index (χ1) is 13.0. The Bertz CT molecular complexity index is 862. The number of rotatable bonds is 5. The van der Waals surface area contributed by atoms with Gasteiger partial charge in [-0.2, -0.15) is 0 Å². The van der Waals surface area contributed by atoms with Crippen LogP contribution in [-0.4, -0.2) is 43.4 Å². The summed E-state index contributed by atoms with van der Waals surface area (Å²) in [5, 5.41) is 15.9. The van der Waals surface area contributed by atoms with Crippen molar-refractivity contribution in [2.75, 3.05) is 23.0 Å². The molecule has 1 fully saturated rings. The number of fused-ring (bicyclic) bond motifs is 1. The van der Waals surface area contributed by atoms with Gasteiger partial charge in [-0.15, -0.1) is 0 Å². The zero-order chi connectivity index (χ0) is 19.0. The summed E-state index contributed by atoms with van der Waals surface area (Å²) < 4.78 is 12.5. The van der Waals surface area contributed by atoms with Crippen LogP contribution in [0, 0.1) is 0 Å². The van der Waals surface area contributed by atoms with Crippen molar-refractivity contribution >= 4 is 28.6 Å². The van der Waals surface area contributed by atoms with Crippen LogP contribution in [0.15, 0.2) is 29.2 Å². The van der Waals surface area contributed by atoms with E-state index in [0.717, 1.165) is 30.5 Å². The molecule has 1 atom stereocenters. The molecule has 4 rings (SSSR count). The molecule has 7 nitrogen and oxygen atoms in total. The lowest BCUT2D eigenvalue weighted by atomic mass is 9.77. The molecule has 1 amide bonds. The molecular formula is C19H22N4O3S. The van der Waals surface area contributed by atoms with Crippen LogP contribution >= 0.6 is 0 Å². The van der Waals surface area contributed by atoms with Gasteiger partial charge in [0, 0.05) is 24.6 Å². The second-order valence-corrected chi connectivity index (χ2v) is 8.65. The van der Waals surface area contributed by atoms with E-state index in [-0.39, 0.29) is 18.1 Å². The molecule has 1 aromatic heterocycles. The number of hydrogen-bond donors (Lipinski definition) is 3. The molecule has 8 heteroatoms. The van der Waals surface area contributed by atoms with Crippen molar-refractivity contribution in [3.8, 4) is 11.4 Å². The Morgan fingerprint density at radius 3 is 2.63 bits per heavy atom. The average molecular weight is 386 g/mol. The lowest BCUT2D eigenvalue weighted by Crippen LogP contribution is -2.48. The van der Waals surface area contributed by atoms with Gasteiger partial charge < -0.3 is 20.3 Å². The second kappa shape index (κ2) is 7.10. The Hall–Kier alpha value is -2.16. The smallest absolute Gasteiger partial charge is 0.221 e. The largest absolute Gasteiger partial charge is 0.611 e. The number of nitrogens with one attached hydrogen (secondary N) is 2. The predicted octanol–water partition coefficient (Wildman–Crippen LogP) is 2.09. The van der Waals surface area contributed by atoms with E-state index in [1.165, 1.54) is 6.92 Å². The maximum Gasteiger partial charge on any atom is 0.221 e. The molecule has 0 spiro atoms. The Morgan fingerprint density at radius 2 is 2.04 bits per heavy atom. The normalized spacial score (nSPS) is 19.9. The number of nitrogens with zero attached hydrogens (tertiary/aromatic N) is 2. The molecule has 0 saturated heterocycles. The van der Waals surface area contributed by atoms with Gasteiger partial charge in [-0.3, -0.25) is 4.79 Å². The molecule has 142 valence electrons. The summed E-state index contributed by atoms with van der Waals surface area (Å²) in [6.45, 7) is 1.49. The van der Waals surface area contributed by atoms with Crippen LogP contribution < -0.4 is 10.6 Å². The molecule has 0 unspecified atom stereocenters. The van der Waals surface area contributed by atoms with Gasteiger partial charge in [0.1, 0.15) is 11.4 Å². The molecule has 1 aromatic carbocycles. The predicted molar refractivity (Wildman–Crippen MR) is 104 cm³/mol. The van der Waals surface area contributed by atoms with Crippen LogP contribution in [0.4, 0.5) is 11.5 Å². The van der Waals surface area contributed by atoms with Gasteiger partial charge in [0.25, 0.3) is 0 Å². The van der Waals surface area contributed by atoms with Crippen LogP contribution in [0.25, 0.3) is 11.4 Å². The zero-order valence-corrected chi connectivity index (χ0v) is 15.9. The number of aliphatic hydroxyl groups excluding tert-OH is 1. The maximum atomic E-state index is 12.5. The Morgan fingerprint density at radius 1 is 1.30 bits per heavy atom. The van der Waals surface area contributed by atoms with Crippen LogP contribution in [0.5, 0.6) is 0 Å². The molecule has 1 aliphatic carbocycles. The minimum absolute atomic E-state index is 0.0269. The van der Waals surface area contributed by atoms with E-state index in [0.29, 0.717) is 34.4 Å². The molecule has 3 N–H and O–H groups in total. The van der Waals surface area contributed by atoms with Gasteiger partial charge in [0.05, 0.1) is 12.1 Å². The van der Waals surface area contributed by atoms with Crippen LogP contribution in [0.2, 0.25) is 0 Å². The number of benzene rings is 1. The van der Waals surface area contributed by atoms with Gasteiger partial charge in [-0.05, 0) is 54.7 Å². The van der Waals surface area contributed by atoms with E-state index in [1.807, 2.05) is 12.1 Å². The number of aromatic nitrogens is 2. The average Bonchev–Trinajstić information content (AvgIpc) is 2.99. The fourth-order valence-corrected chi connectivity index (χ4v) is 4.80. The fraction of sp³-hybridized carbons (Fsp3) is 0.421. The third kappa shape index (κ3) is 3.52. The van der Waals surface area contributed by atoms with Gasteiger partial charge in [0.15, 0.2) is 11.6 Å². The highest BCUT2D eigenvalue weighted by Gasteiger charge is 2.40. The van der Waals surface area contributed by atoms with Crippen LogP contribution in [0.1, 0.15) is 31.9 Å². The lowest BCUT2D eigenvalue weighted by molar-refractivity contribution is -0.114. The topological polar surface area (TPSA) is 110 Å². The van der Waals surface area contributed by atoms with Crippen molar-refractivity contribution in [2.45, 2.75) is 43.0 Å². The van der Waals surface area contributed by atoms with Crippen molar-refractivity contribution in [1.82, 2.24) is 9.97 Å².